The second-order valence-electron chi connectivity index (χ2n) is 12.6. The van der Waals surface area contributed by atoms with Gasteiger partial charge < -0.3 is 13.6 Å². The van der Waals surface area contributed by atoms with Crippen LogP contribution >= 0.6 is 0 Å². The molecule has 6 nitrogen and oxygen atoms in total. The topological polar surface area (TPSA) is 74.9 Å². The summed E-state index contributed by atoms with van der Waals surface area (Å²) in [5.74, 6) is 0. The summed E-state index contributed by atoms with van der Waals surface area (Å²) < 4.78 is 10.8. The van der Waals surface area contributed by atoms with Gasteiger partial charge in [0, 0.05) is 43.4 Å². The van der Waals surface area contributed by atoms with E-state index in [2.05, 4.69) is 64.0 Å². The first kappa shape index (κ1) is 28.4. The molecule has 0 unspecified atom stereocenters. The van der Waals surface area contributed by atoms with Crippen LogP contribution < -0.4 is 0 Å². The van der Waals surface area contributed by atoms with Crippen LogP contribution in [0.25, 0.3) is 92.9 Å². The van der Waals surface area contributed by atoms with Crippen molar-refractivity contribution in [3.63, 3.8) is 0 Å². The molecule has 0 saturated heterocycles. The van der Waals surface area contributed by atoms with Crippen molar-refractivity contribution in [2.75, 3.05) is 0 Å². The minimum Gasteiger partial charge on any atom is -0.454 e. The lowest BCUT2D eigenvalue weighted by atomic mass is 9.94. The third kappa shape index (κ3) is 3.83. The Bertz CT molecular complexity index is 3190. The highest BCUT2D eigenvalue weighted by atomic mass is 16.3. The van der Waals surface area contributed by atoms with Crippen molar-refractivity contribution < 1.29 is 4.42 Å². The van der Waals surface area contributed by atoms with Crippen LogP contribution in [0.4, 0.5) is 5.69 Å². The highest BCUT2D eigenvalue weighted by molar-refractivity contribution is 6.22. The highest BCUT2D eigenvalue weighted by Crippen LogP contribution is 2.45. The Hall–Kier alpha value is -7.59. The molecule has 0 radical (unpaired) electrons. The van der Waals surface area contributed by atoms with Gasteiger partial charge in [-0.3, -0.25) is 0 Å². The minimum absolute atomic E-state index is 0.348. The Balaban J connectivity index is 1.36. The summed E-state index contributed by atoms with van der Waals surface area (Å²) in [5, 5.41) is 27.9. The first-order valence-electron chi connectivity index (χ1n) is 16.5. The molecule has 0 amide bonds. The van der Waals surface area contributed by atoms with Gasteiger partial charge in [-0.05, 0) is 36.4 Å². The average molecular weight is 650 g/mol. The van der Waals surface area contributed by atoms with E-state index in [-0.39, 0.29) is 0 Å². The molecular weight excluding hydrogens is 627 g/mol. The number of rotatable bonds is 3. The van der Waals surface area contributed by atoms with E-state index in [1.54, 1.807) is 6.07 Å². The molecule has 7 aromatic carbocycles. The molecule has 0 N–H and O–H groups in total. The van der Waals surface area contributed by atoms with Crippen molar-refractivity contribution in [2.45, 2.75) is 0 Å². The maximum Gasteiger partial charge on any atom is 0.211 e. The molecule has 6 heteroatoms. The minimum atomic E-state index is 0.348. The molecule has 10 aromatic rings. The molecule has 0 bridgehead atoms. The maximum atomic E-state index is 11.1. The molecular formula is C45H23N5O. The Kier molecular flexibility index (Phi) is 5.97. The van der Waals surface area contributed by atoms with E-state index in [0.29, 0.717) is 39.3 Å². The number of furan rings is 1. The smallest absolute Gasteiger partial charge is 0.211 e. The lowest BCUT2D eigenvalue weighted by Gasteiger charge is -2.19. The Morgan fingerprint density at radius 3 is 1.78 bits per heavy atom. The van der Waals surface area contributed by atoms with Gasteiger partial charge >= 0.3 is 0 Å². The molecule has 234 valence electrons. The van der Waals surface area contributed by atoms with Crippen molar-refractivity contribution in [1.82, 2.24) is 9.13 Å². The molecule has 0 spiro atoms. The van der Waals surface area contributed by atoms with Crippen LogP contribution in [0.3, 0.4) is 0 Å². The summed E-state index contributed by atoms with van der Waals surface area (Å²) in [6, 6.07) is 50.7. The quantitative estimate of drug-likeness (QED) is 0.179. The fourth-order valence-electron chi connectivity index (χ4n) is 7.95. The molecule has 0 atom stereocenters. The van der Waals surface area contributed by atoms with Gasteiger partial charge in [-0.1, -0.05) is 103 Å². The van der Waals surface area contributed by atoms with Gasteiger partial charge in [-0.15, -0.1) is 0 Å². The zero-order valence-electron chi connectivity index (χ0n) is 26.9. The molecule has 51 heavy (non-hydrogen) atoms. The van der Waals surface area contributed by atoms with E-state index in [0.717, 1.165) is 65.6 Å². The van der Waals surface area contributed by atoms with Crippen LogP contribution in [0.5, 0.6) is 0 Å². The maximum absolute atomic E-state index is 11.1. The fraction of sp³-hybridized carbons (Fsp3) is 0. The van der Waals surface area contributed by atoms with Crippen molar-refractivity contribution >= 4 is 71.2 Å². The first-order chi connectivity index (χ1) is 25.2. The van der Waals surface area contributed by atoms with Crippen LogP contribution in [0.15, 0.2) is 144 Å². The van der Waals surface area contributed by atoms with Crippen molar-refractivity contribution in [1.29, 1.82) is 10.5 Å². The largest absolute Gasteiger partial charge is 0.454 e. The Morgan fingerprint density at radius 2 is 1.12 bits per heavy atom. The zero-order chi connectivity index (χ0) is 34.2. The van der Waals surface area contributed by atoms with Gasteiger partial charge in [0.15, 0.2) is 5.58 Å². The second-order valence-corrected chi connectivity index (χ2v) is 12.6. The highest BCUT2D eigenvalue weighted by Gasteiger charge is 2.26. The van der Waals surface area contributed by atoms with Gasteiger partial charge in [0.1, 0.15) is 17.7 Å². The first-order valence-corrected chi connectivity index (χ1v) is 16.5. The summed E-state index contributed by atoms with van der Waals surface area (Å²) in [6.45, 7) is 8.22. The number of nitrogens with zero attached hydrogens (tertiary/aromatic N) is 5. The van der Waals surface area contributed by atoms with E-state index < -0.39 is 0 Å². The van der Waals surface area contributed by atoms with E-state index >= 15 is 0 Å². The van der Waals surface area contributed by atoms with Gasteiger partial charge in [-0.2, -0.15) is 10.5 Å². The molecule has 0 aliphatic rings. The Morgan fingerprint density at radius 1 is 0.510 bits per heavy atom. The standard InChI is InChI=1S/C45H23N5O/c1-48-37-24-23-28(36(26-47)43(37)49-38-17-6-2-12-29(38)30-13-3-7-18-39(30)49)33-16-10-11-27(25-46)42(33)50-40-19-8-4-14-31(40)34-21-22-35-32-15-5-9-20-41(32)51-45(35)44(34)50/h2-24H. The molecule has 0 fully saturated rings. The number of fused-ring (bicyclic) bond motifs is 10. The van der Waals surface area contributed by atoms with Crippen molar-refractivity contribution in [3.05, 3.63) is 162 Å². The van der Waals surface area contributed by atoms with Crippen LogP contribution in [0.1, 0.15) is 11.1 Å². The third-order valence-electron chi connectivity index (χ3n) is 10.0. The molecule has 0 aliphatic heterocycles. The number of hydrogen-bond donors (Lipinski definition) is 0. The van der Waals surface area contributed by atoms with Crippen LogP contribution in [-0.2, 0) is 0 Å². The molecule has 0 saturated carbocycles. The number of hydrogen-bond acceptors (Lipinski definition) is 3. The predicted octanol–water partition coefficient (Wildman–Crippen LogP) is 11.7. The lowest BCUT2D eigenvalue weighted by molar-refractivity contribution is 0.671. The van der Waals surface area contributed by atoms with E-state index in [1.807, 2.05) is 95.6 Å². The number of aromatic nitrogens is 2. The van der Waals surface area contributed by atoms with Crippen LogP contribution in [0, 0.1) is 29.2 Å². The zero-order valence-corrected chi connectivity index (χ0v) is 26.9. The third-order valence-corrected chi connectivity index (χ3v) is 10.0. The summed E-state index contributed by atoms with van der Waals surface area (Å²) in [7, 11) is 0. The van der Waals surface area contributed by atoms with Crippen LogP contribution in [-0.4, -0.2) is 9.13 Å². The molecule has 3 heterocycles. The fourth-order valence-corrected chi connectivity index (χ4v) is 7.95. The van der Waals surface area contributed by atoms with Crippen molar-refractivity contribution in [2.24, 2.45) is 0 Å². The predicted molar refractivity (Wildman–Crippen MR) is 204 cm³/mol. The molecule has 10 rings (SSSR count). The second kappa shape index (κ2) is 10.7. The SMILES string of the molecule is [C-]#[N+]c1ccc(-c2cccc(C#N)c2-n2c3ccccc3c3ccc4c5ccccc5oc4c32)c(C#N)c1-n1c2ccccc2c2ccccc21. The Labute approximate surface area is 291 Å². The van der Waals surface area contributed by atoms with Gasteiger partial charge in [0.25, 0.3) is 0 Å². The van der Waals surface area contributed by atoms with E-state index in [4.69, 9.17) is 11.0 Å². The summed E-state index contributed by atoms with van der Waals surface area (Å²) in [4.78, 5) is 3.93. The number of nitriles is 2. The summed E-state index contributed by atoms with van der Waals surface area (Å²) >= 11 is 0. The van der Waals surface area contributed by atoms with Gasteiger partial charge in [0.2, 0.25) is 5.69 Å². The normalized spacial score (nSPS) is 11.5. The van der Waals surface area contributed by atoms with E-state index in [9.17, 15) is 10.5 Å². The summed E-state index contributed by atoms with van der Waals surface area (Å²) in [5.41, 5.74) is 8.67. The van der Waals surface area contributed by atoms with Gasteiger partial charge in [0.05, 0.1) is 51.1 Å². The lowest BCUT2D eigenvalue weighted by Crippen LogP contribution is -2.04. The average Bonchev–Trinajstić information content (AvgIpc) is 3.85. The van der Waals surface area contributed by atoms with E-state index in [1.165, 1.54) is 0 Å². The van der Waals surface area contributed by atoms with Crippen molar-refractivity contribution in [3.8, 4) is 34.6 Å². The number of benzene rings is 7. The monoisotopic (exact) mass is 649 g/mol. The van der Waals surface area contributed by atoms with Gasteiger partial charge in [-0.25, -0.2) is 4.85 Å². The molecule has 0 aliphatic carbocycles. The number of para-hydroxylation sites is 5. The van der Waals surface area contributed by atoms with Crippen LogP contribution in [0.2, 0.25) is 0 Å². The summed E-state index contributed by atoms with van der Waals surface area (Å²) in [6.07, 6.45) is 0. The molecule has 3 aromatic heterocycles.